The first-order chi connectivity index (χ1) is 13.5. The Bertz CT molecular complexity index is 1000. The summed E-state index contributed by atoms with van der Waals surface area (Å²) in [6.45, 7) is 2.69. The fourth-order valence-electron chi connectivity index (χ4n) is 3.46. The lowest BCUT2D eigenvalue weighted by atomic mass is 10.0. The molecule has 5 nitrogen and oxygen atoms in total. The summed E-state index contributed by atoms with van der Waals surface area (Å²) in [6, 6.07) is 15.7. The SMILES string of the molecule is CC(Sc1nnc(-c2ccc(Cl)cc2)n1C)C(=O)N1CCCc2ccccc21. The standard InChI is InChI=1S/C21H21ClN4OS/c1-14(20(27)26-13-5-7-15-6-3-4-8-18(15)26)28-21-24-23-19(25(21)2)16-9-11-17(22)12-10-16/h3-4,6,8-12,14H,5,7,13H2,1-2H3. The molecule has 2 heterocycles. The lowest BCUT2D eigenvalue weighted by Crippen LogP contribution is -2.40. The third kappa shape index (κ3) is 3.66. The van der Waals surface area contributed by atoms with Crippen LogP contribution in [0.3, 0.4) is 0 Å². The van der Waals surface area contributed by atoms with Crippen LogP contribution in [0, 0.1) is 0 Å². The van der Waals surface area contributed by atoms with Gasteiger partial charge in [0.2, 0.25) is 5.91 Å². The highest BCUT2D eigenvalue weighted by Gasteiger charge is 2.28. The van der Waals surface area contributed by atoms with Crippen LogP contribution in [-0.4, -0.2) is 32.5 Å². The molecule has 1 atom stereocenters. The summed E-state index contributed by atoms with van der Waals surface area (Å²) < 4.78 is 1.92. The van der Waals surface area contributed by atoms with E-state index in [9.17, 15) is 4.79 Å². The largest absolute Gasteiger partial charge is 0.311 e. The van der Waals surface area contributed by atoms with Gasteiger partial charge in [0.1, 0.15) is 0 Å². The monoisotopic (exact) mass is 412 g/mol. The molecule has 0 saturated carbocycles. The summed E-state index contributed by atoms with van der Waals surface area (Å²) in [4.78, 5) is 15.0. The summed E-state index contributed by atoms with van der Waals surface area (Å²) >= 11 is 7.41. The van der Waals surface area contributed by atoms with Gasteiger partial charge in [0.05, 0.1) is 5.25 Å². The molecule has 1 aliphatic rings. The second-order valence-electron chi connectivity index (χ2n) is 6.85. The van der Waals surface area contributed by atoms with E-state index in [1.165, 1.54) is 17.3 Å². The van der Waals surface area contributed by atoms with Crippen LogP contribution >= 0.6 is 23.4 Å². The summed E-state index contributed by atoms with van der Waals surface area (Å²) in [7, 11) is 1.92. The number of amides is 1. The Labute approximate surface area is 173 Å². The Morgan fingerprint density at radius 1 is 1.14 bits per heavy atom. The normalized spacial score (nSPS) is 14.6. The summed E-state index contributed by atoms with van der Waals surface area (Å²) in [5.41, 5.74) is 3.21. The van der Waals surface area contributed by atoms with Crippen LogP contribution in [0.4, 0.5) is 5.69 Å². The van der Waals surface area contributed by atoms with Crippen molar-refractivity contribution in [2.75, 3.05) is 11.4 Å². The molecule has 28 heavy (non-hydrogen) atoms. The van der Waals surface area contributed by atoms with Gasteiger partial charge in [-0.2, -0.15) is 0 Å². The summed E-state index contributed by atoms with van der Waals surface area (Å²) in [5.74, 6) is 0.857. The molecule has 0 saturated heterocycles. The predicted molar refractivity (Wildman–Crippen MR) is 114 cm³/mol. The highest BCUT2D eigenvalue weighted by atomic mass is 35.5. The molecule has 1 aliphatic heterocycles. The van der Waals surface area contributed by atoms with Crippen LogP contribution < -0.4 is 4.90 Å². The first kappa shape index (κ1) is 19.0. The summed E-state index contributed by atoms with van der Waals surface area (Å²) in [6.07, 6.45) is 2.01. The van der Waals surface area contributed by atoms with Crippen molar-refractivity contribution in [1.29, 1.82) is 0 Å². The molecule has 0 aliphatic carbocycles. The van der Waals surface area contributed by atoms with Gasteiger partial charge in [-0.05, 0) is 55.7 Å². The van der Waals surface area contributed by atoms with Crippen molar-refractivity contribution >= 4 is 35.0 Å². The number of anilines is 1. The minimum Gasteiger partial charge on any atom is -0.311 e. The van der Waals surface area contributed by atoms with Gasteiger partial charge in [-0.25, -0.2) is 0 Å². The highest BCUT2D eigenvalue weighted by Crippen LogP contribution is 2.31. The lowest BCUT2D eigenvalue weighted by molar-refractivity contribution is -0.117. The number of nitrogens with zero attached hydrogens (tertiary/aromatic N) is 4. The van der Waals surface area contributed by atoms with E-state index in [1.807, 2.05) is 65.9 Å². The second kappa shape index (κ2) is 7.97. The Morgan fingerprint density at radius 3 is 2.68 bits per heavy atom. The maximum absolute atomic E-state index is 13.1. The molecular formula is C21H21ClN4OS. The van der Waals surface area contributed by atoms with Gasteiger partial charge in [-0.15, -0.1) is 10.2 Å². The number of hydrogen-bond acceptors (Lipinski definition) is 4. The number of carbonyl (C=O) groups excluding carboxylic acids is 1. The number of aryl methyl sites for hydroxylation is 1. The van der Waals surface area contributed by atoms with Gasteiger partial charge in [-0.1, -0.05) is 41.6 Å². The molecule has 0 bridgehead atoms. The van der Waals surface area contributed by atoms with E-state index in [1.54, 1.807) is 0 Å². The Balaban J connectivity index is 1.52. The van der Waals surface area contributed by atoms with Crippen LogP contribution in [0.1, 0.15) is 18.9 Å². The third-order valence-corrected chi connectivity index (χ3v) is 6.32. The molecule has 0 N–H and O–H groups in total. The average molecular weight is 413 g/mol. The van der Waals surface area contributed by atoms with E-state index in [0.717, 1.165) is 41.6 Å². The van der Waals surface area contributed by atoms with Crippen molar-refractivity contribution in [3.8, 4) is 11.4 Å². The van der Waals surface area contributed by atoms with Crippen LogP contribution in [0.2, 0.25) is 5.02 Å². The van der Waals surface area contributed by atoms with Gasteiger partial charge in [0, 0.05) is 29.9 Å². The molecule has 2 aromatic carbocycles. The first-order valence-electron chi connectivity index (χ1n) is 9.26. The van der Waals surface area contributed by atoms with E-state index in [0.29, 0.717) is 5.02 Å². The van der Waals surface area contributed by atoms with Crippen LogP contribution in [0.25, 0.3) is 11.4 Å². The number of hydrogen-bond donors (Lipinski definition) is 0. The Kier molecular flexibility index (Phi) is 5.42. The predicted octanol–water partition coefficient (Wildman–Crippen LogP) is 4.60. The van der Waals surface area contributed by atoms with Crippen molar-refractivity contribution in [3.63, 3.8) is 0 Å². The number of thioether (sulfide) groups is 1. The van der Waals surface area contributed by atoms with E-state index < -0.39 is 0 Å². The van der Waals surface area contributed by atoms with E-state index >= 15 is 0 Å². The van der Waals surface area contributed by atoms with E-state index in [-0.39, 0.29) is 11.2 Å². The maximum Gasteiger partial charge on any atom is 0.240 e. The molecule has 7 heteroatoms. The van der Waals surface area contributed by atoms with Gasteiger partial charge >= 0.3 is 0 Å². The molecule has 0 fully saturated rings. The van der Waals surface area contributed by atoms with Gasteiger partial charge < -0.3 is 9.47 Å². The summed E-state index contributed by atoms with van der Waals surface area (Å²) in [5, 5.41) is 9.74. The Hall–Kier alpha value is -2.31. The lowest BCUT2D eigenvalue weighted by Gasteiger charge is -2.31. The fourth-order valence-corrected chi connectivity index (χ4v) is 4.46. The fraction of sp³-hybridized carbons (Fsp3) is 0.286. The van der Waals surface area contributed by atoms with Crippen molar-refractivity contribution in [1.82, 2.24) is 14.8 Å². The molecule has 0 spiro atoms. The zero-order chi connectivity index (χ0) is 19.7. The molecule has 4 rings (SSSR count). The van der Waals surface area contributed by atoms with Crippen LogP contribution in [0.5, 0.6) is 0 Å². The minimum absolute atomic E-state index is 0.105. The van der Waals surface area contributed by atoms with Crippen molar-refractivity contribution in [3.05, 3.63) is 59.1 Å². The van der Waals surface area contributed by atoms with Gasteiger partial charge in [-0.3, -0.25) is 4.79 Å². The number of halogens is 1. The number of para-hydroxylation sites is 1. The molecule has 1 amide bonds. The third-order valence-electron chi connectivity index (χ3n) is 4.94. The number of benzene rings is 2. The Morgan fingerprint density at radius 2 is 1.89 bits per heavy atom. The van der Waals surface area contributed by atoms with Crippen molar-refractivity contribution < 1.29 is 4.79 Å². The quantitative estimate of drug-likeness (QED) is 0.588. The van der Waals surface area contributed by atoms with Crippen LogP contribution in [0.15, 0.2) is 53.7 Å². The average Bonchev–Trinajstić information content (AvgIpc) is 3.08. The van der Waals surface area contributed by atoms with E-state index in [2.05, 4.69) is 16.3 Å². The highest BCUT2D eigenvalue weighted by molar-refractivity contribution is 8.00. The topological polar surface area (TPSA) is 51.0 Å². The maximum atomic E-state index is 13.1. The van der Waals surface area contributed by atoms with Crippen LogP contribution in [-0.2, 0) is 18.3 Å². The minimum atomic E-state index is -0.257. The van der Waals surface area contributed by atoms with Gasteiger partial charge in [0.25, 0.3) is 0 Å². The zero-order valence-electron chi connectivity index (χ0n) is 15.8. The van der Waals surface area contributed by atoms with Crippen molar-refractivity contribution in [2.24, 2.45) is 7.05 Å². The molecule has 3 aromatic rings. The molecule has 1 unspecified atom stereocenters. The smallest absolute Gasteiger partial charge is 0.240 e. The molecule has 0 radical (unpaired) electrons. The molecular weight excluding hydrogens is 392 g/mol. The molecule has 1 aromatic heterocycles. The molecule has 144 valence electrons. The number of fused-ring (bicyclic) bond motifs is 1. The zero-order valence-corrected chi connectivity index (χ0v) is 17.4. The van der Waals surface area contributed by atoms with Gasteiger partial charge in [0.15, 0.2) is 11.0 Å². The number of carbonyl (C=O) groups is 1. The number of aromatic nitrogens is 3. The number of rotatable bonds is 4. The second-order valence-corrected chi connectivity index (χ2v) is 8.60. The first-order valence-corrected chi connectivity index (χ1v) is 10.5. The van der Waals surface area contributed by atoms with Crippen molar-refractivity contribution in [2.45, 2.75) is 30.2 Å². The van der Waals surface area contributed by atoms with E-state index in [4.69, 9.17) is 11.6 Å².